The normalized spacial score (nSPS) is 17.0. The van der Waals surface area contributed by atoms with E-state index in [9.17, 15) is 8.42 Å². The molecule has 1 aliphatic heterocycles. The first-order valence-electron chi connectivity index (χ1n) is 8.71. The highest BCUT2D eigenvalue weighted by molar-refractivity contribution is 7.89. The zero-order valence-corrected chi connectivity index (χ0v) is 15.7. The highest BCUT2D eigenvalue weighted by Gasteiger charge is 2.26. The van der Waals surface area contributed by atoms with Crippen LogP contribution in [0.15, 0.2) is 59.5 Å². The molecule has 1 aliphatic rings. The number of sulfonamides is 1. The third-order valence-electron chi connectivity index (χ3n) is 4.56. The second kappa shape index (κ2) is 8.64. The van der Waals surface area contributed by atoms with Gasteiger partial charge in [-0.15, -0.1) is 0 Å². The monoisotopic (exact) mass is 377 g/mol. The summed E-state index contributed by atoms with van der Waals surface area (Å²) >= 11 is 0. The van der Waals surface area contributed by atoms with E-state index in [0.717, 1.165) is 18.7 Å². The van der Waals surface area contributed by atoms with Crippen molar-refractivity contribution >= 4 is 10.0 Å². The Bertz CT molecular complexity index is 788. The number of hydrogen-bond donors (Lipinski definition) is 2. The zero-order valence-electron chi connectivity index (χ0n) is 14.9. The molecule has 1 saturated heterocycles. The summed E-state index contributed by atoms with van der Waals surface area (Å²) in [6, 6.07) is 15.8. The summed E-state index contributed by atoms with van der Waals surface area (Å²) in [7, 11) is -2.08. The molecular formula is C19H25N2O4S+. The Balaban J connectivity index is 1.81. The molecule has 0 spiro atoms. The van der Waals surface area contributed by atoms with E-state index in [1.165, 1.54) is 4.90 Å². The molecule has 0 radical (unpaired) electrons. The van der Waals surface area contributed by atoms with Crippen molar-refractivity contribution in [1.82, 2.24) is 4.72 Å². The fraction of sp³-hybridized carbons (Fsp3) is 0.368. The molecule has 6 nitrogen and oxygen atoms in total. The lowest BCUT2D eigenvalue weighted by Crippen LogP contribution is -3.14. The van der Waals surface area contributed by atoms with Crippen LogP contribution >= 0.6 is 0 Å². The summed E-state index contributed by atoms with van der Waals surface area (Å²) in [5.74, 6) is 0.626. The minimum atomic E-state index is -3.63. The first-order chi connectivity index (χ1) is 12.6. The van der Waals surface area contributed by atoms with Crippen LogP contribution in [0.5, 0.6) is 5.75 Å². The van der Waals surface area contributed by atoms with Crippen LogP contribution in [0.1, 0.15) is 11.6 Å². The van der Waals surface area contributed by atoms with E-state index in [4.69, 9.17) is 9.47 Å². The van der Waals surface area contributed by atoms with Crippen molar-refractivity contribution in [2.24, 2.45) is 0 Å². The van der Waals surface area contributed by atoms with E-state index in [2.05, 4.69) is 4.72 Å². The van der Waals surface area contributed by atoms with Crippen molar-refractivity contribution in [1.29, 1.82) is 0 Å². The summed E-state index contributed by atoms with van der Waals surface area (Å²) in [5, 5.41) is 0. The molecule has 0 amide bonds. The first-order valence-corrected chi connectivity index (χ1v) is 10.2. The molecule has 0 saturated carbocycles. The Morgan fingerprint density at radius 3 is 2.35 bits per heavy atom. The highest BCUT2D eigenvalue weighted by atomic mass is 32.2. The molecule has 1 atom stereocenters. The van der Waals surface area contributed by atoms with Gasteiger partial charge in [0.25, 0.3) is 0 Å². The predicted octanol–water partition coefficient (Wildman–Crippen LogP) is 0.630. The van der Waals surface area contributed by atoms with Crippen LogP contribution in [0.25, 0.3) is 0 Å². The number of rotatable bonds is 7. The van der Waals surface area contributed by atoms with Crippen LogP contribution < -0.4 is 14.4 Å². The molecule has 0 bridgehead atoms. The highest BCUT2D eigenvalue weighted by Crippen LogP contribution is 2.19. The lowest BCUT2D eigenvalue weighted by Gasteiger charge is -2.28. The summed E-state index contributed by atoms with van der Waals surface area (Å²) in [4.78, 5) is 1.57. The lowest BCUT2D eigenvalue weighted by atomic mass is 10.1. The van der Waals surface area contributed by atoms with Gasteiger partial charge in [-0.25, -0.2) is 8.42 Å². The van der Waals surface area contributed by atoms with Gasteiger partial charge in [0, 0.05) is 0 Å². The Labute approximate surface area is 154 Å². The number of ether oxygens (including phenoxy) is 2. The first kappa shape index (κ1) is 18.8. The maximum Gasteiger partial charge on any atom is 0.241 e. The van der Waals surface area contributed by atoms with E-state index < -0.39 is 10.0 Å². The smallest absolute Gasteiger partial charge is 0.241 e. The molecule has 0 aliphatic carbocycles. The van der Waals surface area contributed by atoms with Gasteiger partial charge in [0.2, 0.25) is 10.0 Å². The van der Waals surface area contributed by atoms with Gasteiger partial charge in [0.15, 0.2) is 0 Å². The van der Waals surface area contributed by atoms with E-state index in [1.54, 1.807) is 31.4 Å². The molecule has 2 aromatic carbocycles. The van der Waals surface area contributed by atoms with Crippen molar-refractivity contribution in [3.63, 3.8) is 0 Å². The number of nitrogens with one attached hydrogen (secondary N) is 2. The van der Waals surface area contributed by atoms with Gasteiger partial charge in [-0.05, 0) is 29.8 Å². The number of benzene rings is 2. The second-order valence-corrected chi connectivity index (χ2v) is 8.04. The Morgan fingerprint density at radius 1 is 1.08 bits per heavy atom. The average molecular weight is 377 g/mol. The van der Waals surface area contributed by atoms with Crippen molar-refractivity contribution in [3.05, 3.63) is 60.2 Å². The molecule has 2 N–H and O–H groups in total. The molecule has 1 fully saturated rings. The predicted molar refractivity (Wildman–Crippen MR) is 98.9 cm³/mol. The van der Waals surface area contributed by atoms with Crippen LogP contribution in [-0.2, 0) is 14.8 Å². The zero-order chi connectivity index (χ0) is 18.4. The van der Waals surface area contributed by atoms with Crippen molar-refractivity contribution in [2.75, 3.05) is 40.0 Å². The third-order valence-corrected chi connectivity index (χ3v) is 6.05. The quantitative estimate of drug-likeness (QED) is 0.743. The molecule has 3 rings (SSSR count). The Morgan fingerprint density at radius 2 is 1.73 bits per heavy atom. The second-order valence-electron chi connectivity index (χ2n) is 6.33. The Kier molecular flexibility index (Phi) is 6.26. The van der Waals surface area contributed by atoms with Crippen molar-refractivity contribution in [2.45, 2.75) is 10.9 Å². The molecule has 0 unspecified atom stereocenters. The molecule has 26 heavy (non-hydrogen) atoms. The molecule has 1 heterocycles. The summed E-state index contributed by atoms with van der Waals surface area (Å²) < 4.78 is 39.1. The molecule has 2 aromatic rings. The summed E-state index contributed by atoms with van der Waals surface area (Å²) in [6.07, 6.45) is 0. The van der Waals surface area contributed by atoms with E-state index in [-0.39, 0.29) is 10.9 Å². The average Bonchev–Trinajstić information content (AvgIpc) is 2.69. The van der Waals surface area contributed by atoms with E-state index in [0.29, 0.717) is 25.5 Å². The Hall–Kier alpha value is -1.93. The molecule has 140 valence electrons. The topological polar surface area (TPSA) is 69.1 Å². The number of morpholine rings is 1. The van der Waals surface area contributed by atoms with Crippen LogP contribution in [0, 0.1) is 0 Å². The number of quaternary nitrogens is 1. The van der Waals surface area contributed by atoms with Gasteiger partial charge < -0.3 is 14.4 Å². The van der Waals surface area contributed by atoms with Gasteiger partial charge in [-0.3, -0.25) is 0 Å². The van der Waals surface area contributed by atoms with E-state index in [1.807, 2.05) is 30.3 Å². The molecular weight excluding hydrogens is 352 g/mol. The molecule has 7 heteroatoms. The van der Waals surface area contributed by atoms with E-state index >= 15 is 0 Å². The van der Waals surface area contributed by atoms with Gasteiger partial charge >= 0.3 is 0 Å². The van der Waals surface area contributed by atoms with Crippen LogP contribution in [0.2, 0.25) is 0 Å². The van der Waals surface area contributed by atoms with Gasteiger partial charge in [0.05, 0.1) is 37.8 Å². The fourth-order valence-corrected chi connectivity index (χ4v) is 4.30. The molecule has 0 aromatic heterocycles. The lowest BCUT2D eigenvalue weighted by molar-refractivity contribution is -0.909. The maximum absolute atomic E-state index is 12.9. The summed E-state index contributed by atoms with van der Waals surface area (Å²) in [6.45, 7) is 3.87. The van der Waals surface area contributed by atoms with Crippen molar-refractivity contribution < 1.29 is 22.8 Å². The minimum absolute atomic E-state index is 0.233. The standard InChI is InChI=1S/C19H24N2O4S/c1-24-17-7-9-18(10-8-17)26(22,23)20-19(16-5-3-2-4-6-16)15-21-11-13-25-14-12-21/h2-10,19-20H,11-15H2,1H3/p+1/t19-/m1/s1. The van der Waals surface area contributed by atoms with Crippen molar-refractivity contribution in [3.8, 4) is 5.75 Å². The number of methoxy groups -OCH3 is 1. The summed E-state index contributed by atoms with van der Waals surface area (Å²) in [5.41, 5.74) is 0.962. The maximum atomic E-state index is 12.9. The van der Waals surface area contributed by atoms with Crippen LogP contribution in [0.4, 0.5) is 0 Å². The van der Waals surface area contributed by atoms with Crippen LogP contribution in [-0.4, -0.2) is 48.4 Å². The number of hydrogen-bond acceptors (Lipinski definition) is 4. The fourth-order valence-electron chi connectivity index (χ4n) is 3.08. The largest absolute Gasteiger partial charge is 0.497 e. The van der Waals surface area contributed by atoms with Gasteiger partial charge in [-0.1, -0.05) is 30.3 Å². The SMILES string of the molecule is COc1ccc(S(=O)(=O)N[C@H](C[NH+]2CCOCC2)c2ccccc2)cc1. The van der Waals surface area contributed by atoms with Gasteiger partial charge in [0.1, 0.15) is 18.8 Å². The minimum Gasteiger partial charge on any atom is -0.497 e. The van der Waals surface area contributed by atoms with Gasteiger partial charge in [-0.2, -0.15) is 4.72 Å². The third kappa shape index (κ3) is 4.82. The van der Waals surface area contributed by atoms with Crippen LogP contribution in [0.3, 0.4) is 0 Å².